The lowest BCUT2D eigenvalue weighted by molar-refractivity contribution is -0.289. The van der Waals surface area contributed by atoms with E-state index in [1.807, 2.05) is 12.1 Å². The number of rotatable bonds is 8. The summed E-state index contributed by atoms with van der Waals surface area (Å²) in [4.78, 5) is 0. The van der Waals surface area contributed by atoms with E-state index in [9.17, 15) is 40.2 Å². The van der Waals surface area contributed by atoms with Gasteiger partial charge in [0.1, 0.15) is 11.5 Å². The van der Waals surface area contributed by atoms with Crippen LogP contribution >= 0.6 is 0 Å². The van der Waals surface area contributed by atoms with E-state index in [1.54, 1.807) is 12.1 Å². The van der Waals surface area contributed by atoms with E-state index in [4.69, 9.17) is 4.74 Å². The van der Waals surface area contributed by atoms with Gasteiger partial charge in [0.2, 0.25) is 0 Å². The van der Waals surface area contributed by atoms with Crippen molar-refractivity contribution < 1.29 is 45.0 Å². The van der Waals surface area contributed by atoms with Gasteiger partial charge in [0.25, 0.3) is 0 Å². The van der Waals surface area contributed by atoms with Crippen LogP contribution < -0.4 is 10.1 Å². The molecular formula is C28H25F8NO2. The number of alkyl halides is 8. The van der Waals surface area contributed by atoms with Gasteiger partial charge in [0, 0.05) is 12.1 Å². The summed E-state index contributed by atoms with van der Waals surface area (Å²) >= 11 is 0. The van der Waals surface area contributed by atoms with Crippen molar-refractivity contribution in [2.75, 3.05) is 6.54 Å². The number of fused-ring (bicyclic) bond motifs is 1. The molecule has 210 valence electrons. The lowest BCUT2D eigenvalue weighted by Crippen LogP contribution is -2.40. The maximum absolute atomic E-state index is 14.1. The zero-order chi connectivity index (χ0) is 28.4. The Bertz CT molecular complexity index is 1290. The van der Waals surface area contributed by atoms with E-state index in [0.717, 1.165) is 37.3 Å². The number of aliphatic hydroxyl groups is 1. The van der Waals surface area contributed by atoms with Crippen LogP contribution in [0.25, 0.3) is 0 Å². The first-order chi connectivity index (χ1) is 18.3. The maximum atomic E-state index is 14.1. The van der Waals surface area contributed by atoms with E-state index in [-0.39, 0.29) is 16.9 Å². The minimum absolute atomic E-state index is 0.156. The molecule has 0 spiro atoms. The Kier molecular flexibility index (Phi) is 8.22. The average molecular weight is 559 g/mol. The molecule has 0 fully saturated rings. The predicted octanol–water partition coefficient (Wildman–Crippen LogP) is 7.61. The van der Waals surface area contributed by atoms with Gasteiger partial charge in [0.15, 0.2) is 6.10 Å². The molecule has 0 amide bonds. The molecule has 0 heterocycles. The summed E-state index contributed by atoms with van der Waals surface area (Å²) in [7, 11) is 0. The molecule has 39 heavy (non-hydrogen) atoms. The SMILES string of the molecule is O[C@H](CNC(c1cccc(Oc2ccc3c(c2)CCCC3)c1)c1cccc(C(F)(F)C(F)(F)F)c1)C(F)(F)F. The second kappa shape index (κ2) is 11.1. The second-order valence-corrected chi connectivity index (χ2v) is 9.41. The Balaban J connectivity index is 1.67. The smallest absolute Gasteiger partial charge is 0.457 e. The van der Waals surface area contributed by atoms with Gasteiger partial charge in [-0.3, -0.25) is 0 Å². The fourth-order valence-corrected chi connectivity index (χ4v) is 4.52. The van der Waals surface area contributed by atoms with Crippen molar-refractivity contribution >= 4 is 0 Å². The zero-order valence-electron chi connectivity index (χ0n) is 20.4. The van der Waals surface area contributed by atoms with Gasteiger partial charge in [-0.05, 0) is 78.3 Å². The summed E-state index contributed by atoms with van der Waals surface area (Å²) < 4.78 is 112. The van der Waals surface area contributed by atoms with E-state index in [0.29, 0.717) is 17.9 Å². The Hall–Kier alpha value is -3.18. The first-order valence-corrected chi connectivity index (χ1v) is 12.2. The highest BCUT2D eigenvalue weighted by atomic mass is 19.4. The molecule has 1 unspecified atom stereocenters. The zero-order valence-corrected chi connectivity index (χ0v) is 20.4. The third kappa shape index (κ3) is 6.70. The third-order valence-electron chi connectivity index (χ3n) is 6.58. The highest BCUT2D eigenvalue weighted by molar-refractivity contribution is 5.43. The van der Waals surface area contributed by atoms with Gasteiger partial charge in [-0.25, -0.2) is 0 Å². The topological polar surface area (TPSA) is 41.5 Å². The Morgan fingerprint density at radius 3 is 2.03 bits per heavy atom. The quantitative estimate of drug-likeness (QED) is 0.279. The van der Waals surface area contributed by atoms with Crippen molar-refractivity contribution in [2.45, 2.75) is 56.1 Å². The summed E-state index contributed by atoms with van der Waals surface area (Å²) in [5.41, 5.74) is 1.09. The lowest BCUT2D eigenvalue weighted by atomic mass is 9.92. The monoisotopic (exact) mass is 559 g/mol. The Morgan fingerprint density at radius 1 is 0.744 bits per heavy atom. The molecule has 1 aliphatic carbocycles. The standard InChI is InChI=1S/C28H25F8NO2/c29-26(30,28(34,35)36)21-9-3-7-19(13-21)25(37-16-24(38)27(31,32)33)20-8-4-10-22(15-20)39-23-12-11-17-5-1-2-6-18(17)14-23/h3-4,7-15,24-25,37-38H,1-2,5-6,16H2/t24-,25?/m1/s1. The normalized spacial score (nSPS) is 15.9. The number of halogens is 8. The average Bonchev–Trinajstić information content (AvgIpc) is 2.88. The minimum atomic E-state index is -5.87. The molecule has 3 nitrogen and oxygen atoms in total. The van der Waals surface area contributed by atoms with E-state index >= 15 is 0 Å². The van der Waals surface area contributed by atoms with Crippen molar-refractivity contribution in [2.24, 2.45) is 0 Å². The minimum Gasteiger partial charge on any atom is -0.457 e. The van der Waals surface area contributed by atoms with Crippen LogP contribution in [0.4, 0.5) is 35.1 Å². The number of hydrogen-bond acceptors (Lipinski definition) is 3. The van der Waals surface area contributed by atoms with Crippen molar-refractivity contribution in [3.8, 4) is 11.5 Å². The highest BCUT2D eigenvalue weighted by Crippen LogP contribution is 2.44. The van der Waals surface area contributed by atoms with E-state index < -0.39 is 42.5 Å². The van der Waals surface area contributed by atoms with Crippen LogP contribution in [0.3, 0.4) is 0 Å². The van der Waals surface area contributed by atoms with Gasteiger partial charge in [-0.15, -0.1) is 0 Å². The summed E-state index contributed by atoms with van der Waals surface area (Å²) in [6.45, 7) is -1.04. The van der Waals surface area contributed by atoms with Crippen molar-refractivity contribution in [3.63, 3.8) is 0 Å². The first-order valence-electron chi connectivity index (χ1n) is 12.2. The highest BCUT2D eigenvalue weighted by Gasteiger charge is 2.58. The number of aryl methyl sites for hydroxylation is 2. The first kappa shape index (κ1) is 28.8. The third-order valence-corrected chi connectivity index (χ3v) is 6.58. The molecular weight excluding hydrogens is 534 g/mol. The number of ether oxygens (including phenoxy) is 1. The molecule has 2 N–H and O–H groups in total. The second-order valence-electron chi connectivity index (χ2n) is 9.41. The fraction of sp³-hybridized carbons (Fsp3) is 0.357. The molecule has 0 aliphatic heterocycles. The van der Waals surface area contributed by atoms with Crippen LogP contribution in [0.2, 0.25) is 0 Å². The number of nitrogens with one attached hydrogen (secondary N) is 1. The predicted molar refractivity (Wildman–Crippen MR) is 128 cm³/mol. The molecule has 2 atom stereocenters. The molecule has 3 aromatic rings. The fourth-order valence-electron chi connectivity index (χ4n) is 4.52. The van der Waals surface area contributed by atoms with Gasteiger partial charge in [-0.1, -0.05) is 36.4 Å². The molecule has 0 saturated heterocycles. The number of hydrogen-bond donors (Lipinski definition) is 2. The van der Waals surface area contributed by atoms with Crippen LogP contribution in [0.5, 0.6) is 11.5 Å². The van der Waals surface area contributed by atoms with Crippen molar-refractivity contribution in [1.29, 1.82) is 0 Å². The summed E-state index contributed by atoms with van der Waals surface area (Å²) in [5.74, 6) is -4.38. The van der Waals surface area contributed by atoms with Gasteiger partial charge in [-0.2, -0.15) is 35.1 Å². The van der Waals surface area contributed by atoms with Crippen LogP contribution in [-0.2, 0) is 18.8 Å². The number of benzene rings is 3. The van der Waals surface area contributed by atoms with Crippen LogP contribution in [0.15, 0.2) is 66.7 Å². The molecule has 0 saturated carbocycles. The molecule has 1 aliphatic rings. The summed E-state index contributed by atoms with van der Waals surface area (Å²) in [5, 5.41) is 11.9. The molecule has 0 radical (unpaired) electrons. The van der Waals surface area contributed by atoms with Crippen molar-refractivity contribution in [1.82, 2.24) is 5.32 Å². The molecule has 4 rings (SSSR count). The maximum Gasteiger partial charge on any atom is 0.458 e. The molecule has 3 aromatic carbocycles. The van der Waals surface area contributed by atoms with Gasteiger partial charge in [0.05, 0.1) is 6.04 Å². The molecule has 0 bridgehead atoms. The summed E-state index contributed by atoms with van der Waals surface area (Å²) in [6, 6.07) is 13.7. The van der Waals surface area contributed by atoms with Crippen LogP contribution in [-0.4, -0.2) is 30.1 Å². The Labute approximate surface area is 219 Å². The van der Waals surface area contributed by atoms with E-state index in [2.05, 4.69) is 5.32 Å². The Morgan fingerprint density at radius 2 is 1.36 bits per heavy atom. The van der Waals surface area contributed by atoms with Gasteiger partial charge < -0.3 is 15.2 Å². The van der Waals surface area contributed by atoms with Gasteiger partial charge >= 0.3 is 18.3 Å². The largest absolute Gasteiger partial charge is 0.458 e. The van der Waals surface area contributed by atoms with Crippen molar-refractivity contribution in [3.05, 3.63) is 94.5 Å². The molecule has 0 aromatic heterocycles. The molecule has 11 heteroatoms. The number of aliphatic hydroxyl groups excluding tert-OH is 1. The lowest BCUT2D eigenvalue weighted by Gasteiger charge is -2.25. The summed E-state index contributed by atoms with van der Waals surface area (Å²) in [6.07, 6.45) is -9.62. The van der Waals surface area contributed by atoms with Crippen LogP contribution in [0, 0.1) is 0 Å². The van der Waals surface area contributed by atoms with Crippen LogP contribution in [0.1, 0.15) is 46.7 Å². The van der Waals surface area contributed by atoms with E-state index in [1.165, 1.54) is 29.8 Å².